The normalized spacial score (nSPS) is 28.1. The van der Waals surface area contributed by atoms with Crippen LogP contribution in [0.2, 0.25) is 0 Å². The third kappa shape index (κ3) is 1.70. The lowest BCUT2D eigenvalue weighted by Gasteiger charge is -2.19. The molecule has 2 N–H and O–H groups in total. The number of fused-ring (bicyclic) bond motifs is 2. The highest BCUT2D eigenvalue weighted by molar-refractivity contribution is 5.61. The molecule has 3 atom stereocenters. The van der Waals surface area contributed by atoms with Crippen LogP contribution in [0.3, 0.4) is 0 Å². The number of nitrogen functional groups attached to an aromatic ring is 1. The van der Waals surface area contributed by atoms with E-state index < -0.39 is 5.82 Å². The predicted octanol–water partition coefficient (Wildman–Crippen LogP) is 1.55. The van der Waals surface area contributed by atoms with E-state index in [9.17, 15) is 4.39 Å². The van der Waals surface area contributed by atoms with Gasteiger partial charge >= 0.3 is 0 Å². The second-order valence-corrected chi connectivity index (χ2v) is 5.36. The number of halogens is 1. The largest absolute Gasteiger partial charge is 0.396 e. The standard InChI is InChI=1S/C13H14FN5O/c14-9-3-1-7(5-10(9)15)13-16-17-18-19(13)11-6-8-2-4-12(11)20-8/h1,3,5,8,11-12H,2,4,6,15H2. The first-order chi connectivity index (χ1) is 9.72. The zero-order valence-corrected chi connectivity index (χ0v) is 10.7. The van der Waals surface area contributed by atoms with E-state index in [1.807, 2.05) is 0 Å². The number of hydrogen-bond donors (Lipinski definition) is 1. The molecule has 20 heavy (non-hydrogen) atoms. The van der Waals surface area contributed by atoms with Gasteiger partial charge in [0.15, 0.2) is 5.82 Å². The van der Waals surface area contributed by atoms with E-state index in [0.29, 0.717) is 11.9 Å². The fourth-order valence-corrected chi connectivity index (χ4v) is 3.16. The van der Waals surface area contributed by atoms with E-state index in [1.54, 1.807) is 16.8 Å². The van der Waals surface area contributed by atoms with Gasteiger partial charge in [0.1, 0.15) is 5.82 Å². The van der Waals surface area contributed by atoms with E-state index in [-0.39, 0.29) is 17.8 Å². The van der Waals surface area contributed by atoms with Crippen LogP contribution in [0.1, 0.15) is 25.3 Å². The summed E-state index contributed by atoms with van der Waals surface area (Å²) in [5.74, 6) is 0.175. The molecule has 2 aliphatic heterocycles. The van der Waals surface area contributed by atoms with Gasteiger partial charge in [0.25, 0.3) is 0 Å². The first kappa shape index (κ1) is 11.8. The fraction of sp³-hybridized carbons (Fsp3) is 0.462. The van der Waals surface area contributed by atoms with Crippen LogP contribution in [0.4, 0.5) is 10.1 Å². The molecule has 0 radical (unpaired) electrons. The Hall–Kier alpha value is -2.02. The Kier molecular flexibility index (Phi) is 2.50. The van der Waals surface area contributed by atoms with Crippen LogP contribution in [-0.2, 0) is 4.74 Å². The molecule has 0 spiro atoms. The summed E-state index contributed by atoms with van der Waals surface area (Å²) in [5, 5.41) is 11.9. The van der Waals surface area contributed by atoms with E-state index >= 15 is 0 Å². The summed E-state index contributed by atoms with van der Waals surface area (Å²) in [5.41, 5.74) is 6.43. The second kappa shape index (κ2) is 4.24. The van der Waals surface area contributed by atoms with Crippen molar-refractivity contribution in [2.45, 2.75) is 37.5 Å². The molecule has 2 aliphatic rings. The fourth-order valence-electron chi connectivity index (χ4n) is 3.16. The quantitative estimate of drug-likeness (QED) is 0.841. The Bertz CT molecular complexity index is 658. The van der Waals surface area contributed by atoms with Gasteiger partial charge < -0.3 is 10.5 Å². The van der Waals surface area contributed by atoms with Gasteiger partial charge in [0, 0.05) is 5.56 Å². The summed E-state index contributed by atoms with van der Waals surface area (Å²) in [4.78, 5) is 0. The number of aromatic nitrogens is 4. The van der Waals surface area contributed by atoms with Crippen molar-refractivity contribution in [3.8, 4) is 11.4 Å². The monoisotopic (exact) mass is 275 g/mol. The van der Waals surface area contributed by atoms with Gasteiger partial charge in [-0.2, -0.15) is 0 Å². The summed E-state index contributed by atoms with van der Waals surface area (Å²) in [6.07, 6.45) is 3.59. The van der Waals surface area contributed by atoms with Crippen LogP contribution in [-0.4, -0.2) is 32.4 Å². The number of ether oxygens (including phenoxy) is 1. The molecule has 6 nitrogen and oxygen atoms in total. The highest BCUT2D eigenvalue weighted by Crippen LogP contribution is 2.42. The number of hydrogen-bond acceptors (Lipinski definition) is 5. The van der Waals surface area contributed by atoms with Gasteiger partial charge in [-0.3, -0.25) is 0 Å². The minimum absolute atomic E-state index is 0.0984. The maximum atomic E-state index is 13.3. The Morgan fingerprint density at radius 1 is 1.35 bits per heavy atom. The van der Waals surface area contributed by atoms with Crippen molar-refractivity contribution in [1.82, 2.24) is 20.2 Å². The summed E-state index contributed by atoms with van der Waals surface area (Å²) in [6.45, 7) is 0. The maximum Gasteiger partial charge on any atom is 0.182 e. The summed E-state index contributed by atoms with van der Waals surface area (Å²) in [6, 6.07) is 4.69. The second-order valence-electron chi connectivity index (χ2n) is 5.36. The van der Waals surface area contributed by atoms with E-state index in [2.05, 4.69) is 15.5 Å². The van der Waals surface area contributed by atoms with Crippen LogP contribution in [0.15, 0.2) is 18.2 Å². The number of rotatable bonds is 2. The molecular weight excluding hydrogens is 261 g/mol. The van der Waals surface area contributed by atoms with Crippen molar-refractivity contribution >= 4 is 5.69 Å². The molecule has 0 aliphatic carbocycles. The van der Waals surface area contributed by atoms with Crippen LogP contribution in [0.5, 0.6) is 0 Å². The lowest BCUT2D eigenvalue weighted by Crippen LogP contribution is -2.22. The van der Waals surface area contributed by atoms with Gasteiger partial charge in [-0.1, -0.05) is 0 Å². The Balaban J connectivity index is 1.73. The Labute approximate surface area is 114 Å². The van der Waals surface area contributed by atoms with E-state index in [4.69, 9.17) is 10.5 Å². The third-order valence-electron chi connectivity index (χ3n) is 4.14. The summed E-state index contributed by atoms with van der Waals surface area (Å²) >= 11 is 0. The zero-order valence-electron chi connectivity index (χ0n) is 10.7. The zero-order chi connectivity index (χ0) is 13.7. The van der Waals surface area contributed by atoms with E-state index in [1.165, 1.54) is 6.07 Å². The smallest absolute Gasteiger partial charge is 0.182 e. The van der Waals surface area contributed by atoms with Crippen molar-refractivity contribution < 1.29 is 9.13 Å². The number of nitrogens with zero attached hydrogens (tertiary/aromatic N) is 4. The molecule has 2 aromatic rings. The molecule has 0 amide bonds. The molecule has 1 aromatic heterocycles. The highest BCUT2D eigenvalue weighted by atomic mass is 19.1. The number of anilines is 1. The van der Waals surface area contributed by atoms with Crippen molar-refractivity contribution in [2.75, 3.05) is 5.73 Å². The Morgan fingerprint density at radius 3 is 2.95 bits per heavy atom. The molecule has 2 bridgehead atoms. The molecule has 1 aromatic carbocycles. The molecule has 7 heteroatoms. The van der Waals surface area contributed by atoms with Crippen LogP contribution in [0.25, 0.3) is 11.4 Å². The van der Waals surface area contributed by atoms with Gasteiger partial charge in [-0.15, -0.1) is 5.10 Å². The lowest BCUT2D eigenvalue weighted by molar-refractivity contribution is 0.0922. The first-order valence-corrected chi connectivity index (χ1v) is 6.71. The summed E-state index contributed by atoms with van der Waals surface area (Å²) in [7, 11) is 0. The number of benzene rings is 1. The van der Waals surface area contributed by atoms with Crippen LogP contribution >= 0.6 is 0 Å². The van der Waals surface area contributed by atoms with Crippen molar-refractivity contribution in [3.05, 3.63) is 24.0 Å². The SMILES string of the molecule is Nc1cc(-c2nnnn2C2CC3CCC2O3)ccc1F. The predicted molar refractivity (Wildman–Crippen MR) is 69.2 cm³/mol. The molecule has 3 unspecified atom stereocenters. The van der Waals surface area contributed by atoms with Gasteiger partial charge in [0.05, 0.1) is 23.9 Å². The average Bonchev–Trinajstić information content (AvgIpc) is 3.16. The highest BCUT2D eigenvalue weighted by Gasteiger charge is 2.43. The van der Waals surface area contributed by atoms with Crippen molar-refractivity contribution in [2.24, 2.45) is 0 Å². The molecule has 4 rings (SSSR count). The molecule has 0 saturated carbocycles. The third-order valence-corrected chi connectivity index (χ3v) is 4.14. The van der Waals surface area contributed by atoms with Gasteiger partial charge in [0.2, 0.25) is 0 Å². The Morgan fingerprint density at radius 2 is 2.25 bits per heavy atom. The van der Waals surface area contributed by atoms with Gasteiger partial charge in [-0.05, 0) is 47.9 Å². The topological polar surface area (TPSA) is 78.9 Å². The molecule has 3 heterocycles. The molecular formula is C13H14FN5O. The van der Waals surface area contributed by atoms with Crippen molar-refractivity contribution in [1.29, 1.82) is 0 Å². The van der Waals surface area contributed by atoms with Crippen LogP contribution in [0, 0.1) is 5.82 Å². The van der Waals surface area contributed by atoms with Gasteiger partial charge in [-0.25, -0.2) is 9.07 Å². The first-order valence-electron chi connectivity index (χ1n) is 6.71. The molecule has 2 fully saturated rings. The molecule has 2 saturated heterocycles. The lowest BCUT2D eigenvalue weighted by atomic mass is 9.95. The average molecular weight is 275 g/mol. The van der Waals surface area contributed by atoms with E-state index in [0.717, 1.165) is 24.8 Å². The minimum Gasteiger partial charge on any atom is -0.396 e. The molecule has 104 valence electrons. The van der Waals surface area contributed by atoms with Crippen molar-refractivity contribution in [3.63, 3.8) is 0 Å². The number of nitrogens with two attached hydrogens (primary N) is 1. The minimum atomic E-state index is -0.434. The number of tetrazole rings is 1. The summed E-state index contributed by atoms with van der Waals surface area (Å²) < 4.78 is 20.9. The maximum absolute atomic E-state index is 13.3. The van der Waals surface area contributed by atoms with Crippen LogP contribution < -0.4 is 5.73 Å².